The summed E-state index contributed by atoms with van der Waals surface area (Å²) in [5, 5.41) is 2.68. The van der Waals surface area contributed by atoms with Crippen LogP contribution in [-0.4, -0.2) is 55.3 Å². The van der Waals surface area contributed by atoms with Gasteiger partial charge in [0.2, 0.25) is 5.91 Å². The SMILES string of the molecule is COCCNC(=O)C1COC2(CCC(C)CC2)N1C(=O)c1ccccc1C(F)(F)F. The van der Waals surface area contributed by atoms with E-state index in [4.69, 9.17) is 9.47 Å². The zero-order valence-corrected chi connectivity index (χ0v) is 17.1. The van der Waals surface area contributed by atoms with E-state index in [0.29, 0.717) is 18.8 Å². The van der Waals surface area contributed by atoms with E-state index in [1.165, 1.54) is 24.1 Å². The summed E-state index contributed by atoms with van der Waals surface area (Å²) in [5.74, 6) is -0.865. The molecule has 1 aromatic rings. The first kappa shape index (κ1) is 22.6. The van der Waals surface area contributed by atoms with Crippen LogP contribution in [0.25, 0.3) is 0 Å². The van der Waals surface area contributed by atoms with E-state index in [1.807, 2.05) is 0 Å². The van der Waals surface area contributed by atoms with Crippen molar-refractivity contribution >= 4 is 11.8 Å². The summed E-state index contributed by atoms with van der Waals surface area (Å²) < 4.78 is 51.5. The maximum atomic E-state index is 13.5. The molecule has 0 bridgehead atoms. The number of methoxy groups -OCH3 is 1. The average Bonchev–Trinajstić information content (AvgIpc) is 3.08. The van der Waals surface area contributed by atoms with Gasteiger partial charge in [-0.1, -0.05) is 19.1 Å². The minimum absolute atomic E-state index is 0.0485. The molecule has 3 rings (SSSR count). The maximum absolute atomic E-state index is 13.5. The van der Waals surface area contributed by atoms with Gasteiger partial charge in [-0.3, -0.25) is 14.5 Å². The summed E-state index contributed by atoms with van der Waals surface area (Å²) in [6, 6.07) is 3.68. The van der Waals surface area contributed by atoms with Crippen LogP contribution in [0.1, 0.15) is 48.5 Å². The fraction of sp³-hybridized carbons (Fsp3) is 0.619. The van der Waals surface area contributed by atoms with Crippen LogP contribution < -0.4 is 5.32 Å². The first-order chi connectivity index (χ1) is 14.2. The number of hydrogen-bond donors (Lipinski definition) is 1. The van der Waals surface area contributed by atoms with Crippen molar-refractivity contribution in [2.45, 2.75) is 50.6 Å². The standard InChI is InChI=1S/C21H27F3N2O4/c1-14-7-9-20(10-8-14)26(17(13-30-20)18(27)25-11-12-29-2)19(28)15-5-3-4-6-16(15)21(22,23)24/h3-6,14,17H,7-13H2,1-2H3,(H,25,27). The fourth-order valence-corrected chi connectivity index (χ4v) is 4.22. The number of carbonyl (C=O) groups excluding carboxylic acids is 2. The van der Waals surface area contributed by atoms with Crippen molar-refractivity contribution in [2.24, 2.45) is 5.92 Å². The molecular weight excluding hydrogens is 401 g/mol. The predicted octanol–water partition coefficient (Wildman–Crippen LogP) is 3.22. The van der Waals surface area contributed by atoms with Crippen LogP contribution in [0.5, 0.6) is 0 Å². The number of nitrogens with one attached hydrogen (secondary N) is 1. The van der Waals surface area contributed by atoms with Gasteiger partial charge in [0.25, 0.3) is 5.91 Å². The molecule has 1 atom stereocenters. The van der Waals surface area contributed by atoms with Gasteiger partial charge in [-0.05, 0) is 43.7 Å². The number of hydrogen-bond acceptors (Lipinski definition) is 4. The number of nitrogens with zero attached hydrogens (tertiary/aromatic N) is 1. The molecular formula is C21H27F3N2O4. The molecule has 2 fully saturated rings. The summed E-state index contributed by atoms with van der Waals surface area (Å²) in [6.45, 7) is 2.55. The molecule has 1 spiro atoms. The third kappa shape index (κ3) is 4.46. The second kappa shape index (κ2) is 8.93. The second-order valence-electron chi connectivity index (χ2n) is 7.96. The van der Waals surface area contributed by atoms with Gasteiger partial charge < -0.3 is 14.8 Å². The minimum atomic E-state index is -4.68. The van der Waals surface area contributed by atoms with E-state index < -0.39 is 40.9 Å². The summed E-state index contributed by atoms with van der Waals surface area (Å²) >= 11 is 0. The minimum Gasteiger partial charge on any atom is -0.383 e. The normalized spacial score (nSPS) is 26.8. The Bertz CT molecular complexity index is 776. The number of alkyl halides is 3. The quantitative estimate of drug-likeness (QED) is 0.732. The van der Waals surface area contributed by atoms with Crippen molar-refractivity contribution in [3.8, 4) is 0 Å². The summed E-state index contributed by atoms with van der Waals surface area (Å²) in [7, 11) is 1.49. The third-order valence-corrected chi connectivity index (χ3v) is 5.91. The number of amides is 2. The van der Waals surface area contributed by atoms with Gasteiger partial charge in [0.05, 0.1) is 24.3 Å². The number of benzene rings is 1. The molecule has 1 N–H and O–H groups in total. The molecule has 2 aliphatic rings. The van der Waals surface area contributed by atoms with Gasteiger partial charge in [-0.15, -0.1) is 0 Å². The van der Waals surface area contributed by atoms with E-state index >= 15 is 0 Å². The largest absolute Gasteiger partial charge is 0.417 e. The molecule has 0 aromatic heterocycles. The Balaban J connectivity index is 1.96. The fourth-order valence-electron chi connectivity index (χ4n) is 4.22. The van der Waals surface area contributed by atoms with Crippen LogP contribution in [0, 0.1) is 5.92 Å². The zero-order valence-electron chi connectivity index (χ0n) is 17.1. The molecule has 1 heterocycles. The zero-order chi connectivity index (χ0) is 21.9. The number of halogens is 3. The Kier molecular flexibility index (Phi) is 6.71. The molecule has 1 aromatic carbocycles. The molecule has 0 radical (unpaired) electrons. The highest BCUT2D eigenvalue weighted by Gasteiger charge is 2.54. The average molecular weight is 428 g/mol. The van der Waals surface area contributed by atoms with E-state index in [0.717, 1.165) is 25.0 Å². The first-order valence-electron chi connectivity index (χ1n) is 10.1. The van der Waals surface area contributed by atoms with Crippen molar-refractivity contribution in [1.82, 2.24) is 10.2 Å². The van der Waals surface area contributed by atoms with E-state index in [2.05, 4.69) is 12.2 Å². The Morgan fingerprint density at radius 3 is 2.57 bits per heavy atom. The molecule has 1 aliphatic carbocycles. The van der Waals surface area contributed by atoms with Gasteiger partial charge in [0.1, 0.15) is 11.8 Å². The molecule has 9 heteroatoms. The second-order valence-corrected chi connectivity index (χ2v) is 7.96. The van der Waals surface area contributed by atoms with E-state index in [1.54, 1.807) is 0 Å². The van der Waals surface area contributed by atoms with Gasteiger partial charge in [-0.25, -0.2) is 0 Å². The molecule has 1 saturated carbocycles. The van der Waals surface area contributed by atoms with E-state index in [-0.39, 0.29) is 19.8 Å². The molecule has 6 nitrogen and oxygen atoms in total. The van der Waals surface area contributed by atoms with Crippen LogP contribution >= 0.6 is 0 Å². The molecule has 1 aliphatic heterocycles. The van der Waals surface area contributed by atoms with Gasteiger partial charge >= 0.3 is 6.18 Å². The molecule has 166 valence electrons. The van der Waals surface area contributed by atoms with Crippen LogP contribution in [0.3, 0.4) is 0 Å². The lowest BCUT2D eigenvalue weighted by Crippen LogP contribution is -2.57. The number of rotatable bonds is 5. The van der Waals surface area contributed by atoms with Crippen molar-refractivity contribution in [3.63, 3.8) is 0 Å². The van der Waals surface area contributed by atoms with E-state index in [9.17, 15) is 22.8 Å². The van der Waals surface area contributed by atoms with Gasteiger partial charge in [0.15, 0.2) is 0 Å². The smallest absolute Gasteiger partial charge is 0.383 e. The van der Waals surface area contributed by atoms with Crippen LogP contribution in [0.15, 0.2) is 24.3 Å². The Morgan fingerprint density at radius 1 is 1.27 bits per heavy atom. The highest BCUT2D eigenvalue weighted by atomic mass is 19.4. The highest BCUT2D eigenvalue weighted by molar-refractivity contribution is 5.99. The van der Waals surface area contributed by atoms with Crippen molar-refractivity contribution in [3.05, 3.63) is 35.4 Å². The van der Waals surface area contributed by atoms with Crippen LogP contribution in [0.2, 0.25) is 0 Å². The number of ether oxygens (including phenoxy) is 2. The van der Waals surface area contributed by atoms with Crippen molar-refractivity contribution < 1.29 is 32.2 Å². The number of carbonyl (C=O) groups is 2. The first-order valence-corrected chi connectivity index (χ1v) is 10.1. The van der Waals surface area contributed by atoms with Crippen LogP contribution in [-0.2, 0) is 20.4 Å². The Labute approximate surface area is 173 Å². The molecule has 1 saturated heterocycles. The highest BCUT2D eigenvalue weighted by Crippen LogP contribution is 2.44. The molecule has 1 unspecified atom stereocenters. The third-order valence-electron chi connectivity index (χ3n) is 5.91. The predicted molar refractivity (Wildman–Crippen MR) is 103 cm³/mol. The van der Waals surface area contributed by atoms with Gasteiger partial charge in [-0.2, -0.15) is 13.2 Å². The summed E-state index contributed by atoms with van der Waals surface area (Å²) in [4.78, 5) is 27.5. The Morgan fingerprint density at radius 2 is 1.93 bits per heavy atom. The summed E-state index contributed by atoms with van der Waals surface area (Å²) in [6.07, 6.45) is -2.19. The lowest BCUT2D eigenvalue weighted by Gasteiger charge is -2.43. The monoisotopic (exact) mass is 428 g/mol. The lowest BCUT2D eigenvalue weighted by molar-refractivity contribution is -0.138. The van der Waals surface area contributed by atoms with Gasteiger partial charge in [0, 0.05) is 13.7 Å². The van der Waals surface area contributed by atoms with Crippen molar-refractivity contribution in [2.75, 3.05) is 26.9 Å². The Hall–Kier alpha value is -2.13. The lowest BCUT2D eigenvalue weighted by atomic mass is 9.83. The maximum Gasteiger partial charge on any atom is 0.417 e. The molecule has 2 amide bonds. The summed E-state index contributed by atoms with van der Waals surface area (Å²) in [5.41, 5.74) is -2.55. The molecule has 30 heavy (non-hydrogen) atoms. The van der Waals surface area contributed by atoms with Crippen LogP contribution in [0.4, 0.5) is 13.2 Å². The topological polar surface area (TPSA) is 67.9 Å². The van der Waals surface area contributed by atoms with Crippen molar-refractivity contribution in [1.29, 1.82) is 0 Å².